The Morgan fingerprint density at radius 2 is 1.70 bits per heavy atom. The molecule has 0 atom stereocenters. The average Bonchev–Trinajstić information content (AvgIpc) is 3.55. The van der Waals surface area contributed by atoms with Crippen LogP contribution in [0.5, 0.6) is 0 Å². The van der Waals surface area contributed by atoms with Crippen molar-refractivity contribution in [2.75, 3.05) is 6.54 Å². The topological polar surface area (TPSA) is 57.7 Å². The van der Waals surface area contributed by atoms with Gasteiger partial charge in [0.05, 0.1) is 18.8 Å². The van der Waals surface area contributed by atoms with Crippen molar-refractivity contribution < 1.29 is 17.6 Å². The fourth-order valence-corrected chi connectivity index (χ4v) is 6.37. The summed E-state index contributed by atoms with van der Waals surface area (Å²) >= 11 is 1.57. The van der Waals surface area contributed by atoms with Crippen molar-refractivity contribution in [2.45, 2.75) is 44.6 Å². The lowest BCUT2D eigenvalue weighted by Gasteiger charge is -2.27. The highest BCUT2D eigenvalue weighted by atomic mass is 32.2. The van der Waals surface area contributed by atoms with Gasteiger partial charge in [-0.05, 0) is 60.0 Å². The summed E-state index contributed by atoms with van der Waals surface area (Å²) in [5.41, 5.74) is 2.59. The Morgan fingerprint density at radius 3 is 2.30 bits per heavy atom. The number of carbonyl (C=O) groups is 1. The molecule has 2 aromatic carbocycles. The van der Waals surface area contributed by atoms with Gasteiger partial charge in [0, 0.05) is 17.5 Å². The van der Waals surface area contributed by atoms with Crippen LogP contribution in [0.4, 0.5) is 4.39 Å². The van der Waals surface area contributed by atoms with E-state index in [9.17, 15) is 17.6 Å². The van der Waals surface area contributed by atoms with Gasteiger partial charge in [-0.2, -0.15) is 4.31 Å². The minimum Gasteiger partial charge on any atom is -0.332 e. The van der Waals surface area contributed by atoms with Gasteiger partial charge in [0.2, 0.25) is 15.9 Å². The van der Waals surface area contributed by atoms with Gasteiger partial charge in [0.1, 0.15) is 5.82 Å². The molecule has 33 heavy (non-hydrogen) atoms. The minimum atomic E-state index is -3.65. The fourth-order valence-electron chi connectivity index (χ4n) is 3.70. The molecule has 1 fully saturated rings. The number of hydrogen-bond donors (Lipinski definition) is 0. The molecule has 8 heteroatoms. The Hall–Kier alpha value is -2.55. The number of rotatable bonds is 10. The Balaban J connectivity index is 1.54. The van der Waals surface area contributed by atoms with Crippen molar-refractivity contribution in [3.63, 3.8) is 0 Å². The third-order valence-corrected chi connectivity index (χ3v) is 8.58. The number of carbonyl (C=O) groups excluding carboxylic acids is 1. The van der Waals surface area contributed by atoms with E-state index in [1.807, 2.05) is 36.6 Å². The Morgan fingerprint density at radius 1 is 1.00 bits per heavy atom. The molecular formula is C25H27FN2O3S2. The molecule has 1 amide bonds. The molecule has 0 saturated heterocycles. The van der Waals surface area contributed by atoms with Crippen LogP contribution in [0, 0.1) is 12.7 Å². The predicted octanol–water partition coefficient (Wildman–Crippen LogP) is 4.72. The standard InChI is InChI=1S/C25H27FN2O3S2/c1-19-13-14-32-24(19)16-27(15-20-7-9-22(26)10-8-20)25(29)17-28(23-11-12-23)33(30,31)18-21-5-3-2-4-6-21/h2-10,13-14,23H,11-12,15-18H2,1H3. The second kappa shape index (κ2) is 10.2. The summed E-state index contributed by atoms with van der Waals surface area (Å²) in [7, 11) is -3.65. The van der Waals surface area contributed by atoms with E-state index >= 15 is 0 Å². The molecule has 0 bridgehead atoms. The number of hydrogen-bond acceptors (Lipinski definition) is 4. The van der Waals surface area contributed by atoms with Gasteiger partial charge in [0.25, 0.3) is 0 Å². The molecule has 3 aromatic rings. The highest BCUT2D eigenvalue weighted by Crippen LogP contribution is 2.31. The zero-order valence-electron chi connectivity index (χ0n) is 18.5. The van der Waals surface area contributed by atoms with Crippen molar-refractivity contribution in [2.24, 2.45) is 0 Å². The SMILES string of the molecule is Cc1ccsc1CN(Cc1ccc(F)cc1)C(=O)CN(C1CC1)S(=O)(=O)Cc1ccccc1. The molecular weight excluding hydrogens is 459 g/mol. The molecule has 0 radical (unpaired) electrons. The molecule has 1 saturated carbocycles. The van der Waals surface area contributed by atoms with E-state index in [0.29, 0.717) is 12.1 Å². The number of amides is 1. The summed E-state index contributed by atoms with van der Waals surface area (Å²) in [6.45, 7) is 2.48. The number of aryl methyl sites for hydroxylation is 1. The lowest BCUT2D eigenvalue weighted by Crippen LogP contribution is -2.43. The van der Waals surface area contributed by atoms with Gasteiger partial charge in [-0.25, -0.2) is 12.8 Å². The van der Waals surface area contributed by atoms with Crippen molar-refractivity contribution >= 4 is 27.3 Å². The zero-order chi connectivity index (χ0) is 23.4. The van der Waals surface area contributed by atoms with E-state index in [4.69, 9.17) is 0 Å². The number of nitrogens with zero attached hydrogens (tertiary/aromatic N) is 2. The molecule has 0 aliphatic heterocycles. The third kappa shape index (κ3) is 6.28. The molecule has 1 aliphatic carbocycles. The molecule has 1 aliphatic rings. The monoisotopic (exact) mass is 486 g/mol. The Bertz CT molecular complexity index is 1190. The number of sulfonamides is 1. The largest absolute Gasteiger partial charge is 0.332 e. The van der Waals surface area contributed by atoms with Crippen LogP contribution in [0.15, 0.2) is 66.0 Å². The van der Waals surface area contributed by atoms with Crippen LogP contribution < -0.4 is 0 Å². The van der Waals surface area contributed by atoms with Gasteiger partial charge >= 0.3 is 0 Å². The Labute approximate surface area is 198 Å². The summed E-state index contributed by atoms with van der Waals surface area (Å²) in [4.78, 5) is 16.2. The van der Waals surface area contributed by atoms with Crippen molar-refractivity contribution in [3.8, 4) is 0 Å². The fraction of sp³-hybridized carbons (Fsp3) is 0.320. The van der Waals surface area contributed by atoms with E-state index in [1.54, 1.807) is 40.5 Å². The predicted molar refractivity (Wildman–Crippen MR) is 129 cm³/mol. The maximum atomic E-state index is 13.4. The number of benzene rings is 2. The summed E-state index contributed by atoms with van der Waals surface area (Å²) in [5, 5.41) is 1.98. The van der Waals surface area contributed by atoms with Gasteiger partial charge in [-0.3, -0.25) is 4.79 Å². The average molecular weight is 487 g/mol. The lowest BCUT2D eigenvalue weighted by molar-refractivity contribution is -0.132. The van der Waals surface area contributed by atoms with Crippen LogP contribution in [-0.2, 0) is 33.7 Å². The third-order valence-electron chi connectivity index (χ3n) is 5.74. The molecule has 1 aromatic heterocycles. The number of thiophene rings is 1. The van der Waals surface area contributed by atoms with E-state index < -0.39 is 10.0 Å². The number of halogens is 1. The summed E-state index contributed by atoms with van der Waals surface area (Å²) in [6.07, 6.45) is 1.53. The van der Waals surface area contributed by atoms with Crippen molar-refractivity contribution in [3.05, 3.63) is 93.4 Å². The van der Waals surface area contributed by atoms with Crippen LogP contribution in [0.25, 0.3) is 0 Å². The van der Waals surface area contributed by atoms with Crippen LogP contribution in [-0.4, -0.2) is 36.1 Å². The normalized spacial score (nSPS) is 13.9. The Kier molecular flexibility index (Phi) is 7.26. The van der Waals surface area contributed by atoms with Crippen LogP contribution in [0.2, 0.25) is 0 Å². The highest BCUT2D eigenvalue weighted by Gasteiger charge is 2.39. The molecule has 0 N–H and O–H groups in total. The first-order chi connectivity index (χ1) is 15.8. The first-order valence-corrected chi connectivity index (χ1v) is 13.4. The second-order valence-electron chi connectivity index (χ2n) is 8.42. The summed E-state index contributed by atoms with van der Waals surface area (Å²) in [5.74, 6) is -0.715. The molecule has 4 rings (SSSR count). The van der Waals surface area contributed by atoms with Crippen LogP contribution >= 0.6 is 11.3 Å². The minimum absolute atomic E-state index is 0.125. The quantitative estimate of drug-likeness (QED) is 0.417. The first-order valence-electron chi connectivity index (χ1n) is 10.9. The molecule has 5 nitrogen and oxygen atoms in total. The van der Waals surface area contributed by atoms with E-state index in [0.717, 1.165) is 28.8 Å². The van der Waals surface area contributed by atoms with E-state index in [1.165, 1.54) is 16.4 Å². The molecule has 174 valence electrons. The molecule has 1 heterocycles. The van der Waals surface area contributed by atoms with Crippen LogP contribution in [0.3, 0.4) is 0 Å². The van der Waals surface area contributed by atoms with Gasteiger partial charge in [-0.1, -0.05) is 42.5 Å². The second-order valence-corrected chi connectivity index (χ2v) is 11.3. The summed E-state index contributed by atoms with van der Waals surface area (Å²) < 4.78 is 41.2. The van der Waals surface area contributed by atoms with Gasteiger partial charge in [-0.15, -0.1) is 11.3 Å². The smallest absolute Gasteiger partial charge is 0.238 e. The molecule has 0 spiro atoms. The maximum Gasteiger partial charge on any atom is 0.238 e. The van der Waals surface area contributed by atoms with E-state index in [2.05, 4.69) is 0 Å². The first kappa shape index (κ1) is 23.6. The van der Waals surface area contributed by atoms with E-state index in [-0.39, 0.29) is 36.6 Å². The van der Waals surface area contributed by atoms with Crippen molar-refractivity contribution in [1.82, 2.24) is 9.21 Å². The van der Waals surface area contributed by atoms with Crippen molar-refractivity contribution in [1.29, 1.82) is 0 Å². The molecule has 0 unspecified atom stereocenters. The van der Waals surface area contributed by atoms with Crippen LogP contribution in [0.1, 0.15) is 34.4 Å². The highest BCUT2D eigenvalue weighted by molar-refractivity contribution is 7.88. The zero-order valence-corrected chi connectivity index (χ0v) is 20.1. The van der Waals surface area contributed by atoms with Gasteiger partial charge in [0.15, 0.2) is 0 Å². The lowest BCUT2D eigenvalue weighted by atomic mass is 10.2. The van der Waals surface area contributed by atoms with Gasteiger partial charge < -0.3 is 4.90 Å². The maximum absolute atomic E-state index is 13.4. The summed E-state index contributed by atoms with van der Waals surface area (Å²) in [6, 6.07) is 17.0.